The summed E-state index contributed by atoms with van der Waals surface area (Å²) in [6.45, 7) is 1.85. The third-order valence-electron chi connectivity index (χ3n) is 3.22. The maximum atomic E-state index is 14.1. The number of benzene rings is 2. The van der Waals surface area contributed by atoms with Gasteiger partial charge in [0.15, 0.2) is 0 Å². The highest BCUT2D eigenvalue weighted by molar-refractivity contribution is 9.09. The van der Waals surface area contributed by atoms with E-state index in [0.717, 1.165) is 11.1 Å². The third kappa shape index (κ3) is 3.16. The van der Waals surface area contributed by atoms with E-state index in [4.69, 9.17) is 21.1 Å². The number of ether oxygens (including phenoxy) is 2. The Morgan fingerprint density at radius 1 is 1.10 bits per heavy atom. The zero-order chi connectivity index (χ0) is 15.6. The van der Waals surface area contributed by atoms with Crippen LogP contribution >= 0.6 is 27.5 Å². The van der Waals surface area contributed by atoms with Crippen molar-refractivity contribution in [1.29, 1.82) is 0 Å². The molecule has 0 saturated heterocycles. The lowest BCUT2D eigenvalue weighted by atomic mass is 10.0. The summed E-state index contributed by atoms with van der Waals surface area (Å²) in [5.74, 6) is 0.713. The van der Waals surface area contributed by atoms with Crippen LogP contribution in [0.1, 0.15) is 21.5 Å². The van der Waals surface area contributed by atoms with Gasteiger partial charge in [0, 0.05) is 11.1 Å². The van der Waals surface area contributed by atoms with Crippen LogP contribution < -0.4 is 9.47 Å². The number of methoxy groups -OCH3 is 2. The second-order valence-corrected chi connectivity index (χ2v) is 5.89. The van der Waals surface area contributed by atoms with E-state index in [-0.39, 0.29) is 10.6 Å². The second kappa shape index (κ2) is 6.67. The number of hydrogen-bond donors (Lipinski definition) is 0. The first-order valence-corrected chi connectivity index (χ1v) is 7.59. The van der Waals surface area contributed by atoms with Crippen molar-refractivity contribution in [1.82, 2.24) is 0 Å². The van der Waals surface area contributed by atoms with Gasteiger partial charge in [0.05, 0.1) is 19.0 Å². The Hall–Kier alpha value is -1.26. The predicted octanol–water partition coefficient (Wildman–Crippen LogP) is 5.29. The smallest absolute Gasteiger partial charge is 0.145 e. The summed E-state index contributed by atoms with van der Waals surface area (Å²) in [6, 6.07) is 8.66. The molecule has 2 nitrogen and oxygen atoms in total. The molecular weight excluding hydrogens is 359 g/mol. The fourth-order valence-electron chi connectivity index (χ4n) is 2.12. The maximum Gasteiger partial charge on any atom is 0.145 e. The van der Waals surface area contributed by atoms with Crippen LogP contribution in [-0.4, -0.2) is 14.2 Å². The Bertz CT molecular complexity index is 661. The molecule has 0 aliphatic rings. The fraction of sp³-hybridized carbons (Fsp3) is 0.250. The largest absolute Gasteiger partial charge is 0.495 e. The number of alkyl halides is 1. The lowest BCUT2D eigenvalue weighted by Crippen LogP contribution is -2.01. The van der Waals surface area contributed by atoms with Gasteiger partial charge in [-0.2, -0.15) is 0 Å². The van der Waals surface area contributed by atoms with Crippen molar-refractivity contribution < 1.29 is 13.9 Å². The normalized spacial score (nSPS) is 12.1. The Labute approximate surface area is 137 Å². The van der Waals surface area contributed by atoms with Crippen molar-refractivity contribution in [2.24, 2.45) is 0 Å². The fourth-order valence-corrected chi connectivity index (χ4v) is 3.18. The SMILES string of the molecule is COc1ccc(C(Br)c2ccc(C)cc2F)c(OC)c1Cl. The maximum absolute atomic E-state index is 14.1. The van der Waals surface area contributed by atoms with E-state index in [0.29, 0.717) is 22.1 Å². The topological polar surface area (TPSA) is 18.5 Å². The first kappa shape index (κ1) is 16.1. The van der Waals surface area contributed by atoms with Crippen LogP contribution in [0, 0.1) is 12.7 Å². The standard InChI is InChI=1S/C16H15BrClFO2/c1-9-4-5-10(12(19)8-9)14(17)11-6-7-13(20-2)15(18)16(11)21-3/h4-8,14H,1-3H3. The third-order valence-corrected chi connectivity index (χ3v) is 4.56. The number of hydrogen-bond acceptors (Lipinski definition) is 2. The summed E-state index contributed by atoms with van der Waals surface area (Å²) in [7, 11) is 3.06. The number of rotatable bonds is 4. The summed E-state index contributed by atoms with van der Waals surface area (Å²) in [5, 5.41) is 0.370. The van der Waals surface area contributed by atoms with Gasteiger partial charge in [-0.3, -0.25) is 0 Å². The predicted molar refractivity (Wildman–Crippen MR) is 86.5 cm³/mol. The monoisotopic (exact) mass is 372 g/mol. The Morgan fingerprint density at radius 2 is 1.76 bits per heavy atom. The molecule has 2 aromatic rings. The van der Waals surface area contributed by atoms with Gasteiger partial charge in [0.25, 0.3) is 0 Å². The van der Waals surface area contributed by atoms with E-state index in [1.165, 1.54) is 20.3 Å². The van der Waals surface area contributed by atoms with Crippen molar-refractivity contribution in [2.45, 2.75) is 11.8 Å². The molecule has 0 radical (unpaired) electrons. The van der Waals surface area contributed by atoms with Gasteiger partial charge < -0.3 is 9.47 Å². The molecule has 2 rings (SSSR count). The van der Waals surface area contributed by atoms with Gasteiger partial charge >= 0.3 is 0 Å². The van der Waals surface area contributed by atoms with Gasteiger partial charge in [-0.25, -0.2) is 4.39 Å². The van der Waals surface area contributed by atoms with Crippen LogP contribution in [0.25, 0.3) is 0 Å². The zero-order valence-corrected chi connectivity index (χ0v) is 14.3. The summed E-state index contributed by atoms with van der Waals surface area (Å²) < 4.78 is 24.7. The molecule has 1 unspecified atom stereocenters. The van der Waals surface area contributed by atoms with Crippen LogP contribution in [0.4, 0.5) is 4.39 Å². The van der Waals surface area contributed by atoms with Gasteiger partial charge in [0.2, 0.25) is 0 Å². The van der Waals surface area contributed by atoms with Crippen molar-refractivity contribution in [3.63, 3.8) is 0 Å². The minimum Gasteiger partial charge on any atom is -0.495 e. The molecule has 0 spiro atoms. The summed E-state index contributed by atoms with van der Waals surface area (Å²) >= 11 is 9.77. The first-order chi connectivity index (χ1) is 9.99. The number of aryl methyl sites for hydroxylation is 1. The minimum absolute atomic E-state index is 0.272. The quantitative estimate of drug-likeness (QED) is 0.678. The molecule has 2 aromatic carbocycles. The van der Waals surface area contributed by atoms with Crippen molar-refractivity contribution in [3.05, 3.63) is 57.9 Å². The van der Waals surface area contributed by atoms with Crippen LogP contribution in [0.15, 0.2) is 30.3 Å². The van der Waals surface area contributed by atoms with Gasteiger partial charge in [-0.05, 0) is 24.6 Å². The van der Waals surface area contributed by atoms with Crippen molar-refractivity contribution in [3.8, 4) is 11.5 Å². The lowest BCUT2D eigenvalue weighted by Gasteiger charge is -2.18. The van der Waals surface area contributed by atoms with E-state index in [1.807, 2.05) is 19.1 Å². The summed E-state index contributed by atoms with van der Waals surface area (Å²) in [4.78, 5) is -0.364. The molecule has 0 fully saturated rings. The van der Waals surface area contributed by atoms with E-state index in [2.05, 4.69) is 15.9 Å². The average Bonchev–Trinajstić information content (AvgIpc) is 2.46. The second-order valence-electron chi connectivity index (χ2n) is 4.59. The highest BCUT2D eigenvalue weighted by Gasteiger charge is 2.22. The lowest BCUT2D eigenvalue weighted by molar-refractivity contribution is 0.392. The molecule has 5 heteroatoms. The van der Waals surface area contributed by atoms with E-state index in [9.17, 15) is 4.39 Å². The van der Waals surface area contributed by atoms with Crippen molar-refractivity contribution in [2.75, 3.05) is 14.2 Å². The summed E-state index contributed by atoms with van der Waals surface area (Å²) in [5.41, 5.74) is 2.14. The van der Waals surface area contributed by atoms with Crippen LogP contribution in [0.5, 0.6) is 11.5 Å². The van der Waals surface area contributed by atoms with Crippen LogP contribution in [0.3, 0.4) is 0 Å². The molecular formula is C16H15BrClFO2. The molecule has 0 bridgehead atoms. The molecule has 0 heterocycles. The van der Waals surface area contributed by atoms with Gasteiger partial charge in [0.1, 0.15) is 22.3 Å². The van der Waals surface area contributed by atoms with E-state index >= 15 is 0 Å². The first-order valence-electron chi connectivity index (χ1n) is 6.30. The molecule has 0 aromatic heterocycles. The Morgan fingerprint density at radius 3 is 2.33 bits per heavy atom. The Balaban J connectivity index is 2.52. The molecule has 0 amide bonds. The molecule has 0 N–H and O–H groups in total. The highest BCUT2D eigenvalue weighted by atomic mass is 79.9. The molecule has 112 valence electrons. The van der Waals surface area contributed by atoms with Crippen LogP contribution in [-0.2, 0) is 0 Å². The molecule has 0 aliphatic heterocycles. The summed E-state index contributed by atoms with van der Waals surface area (Å²) in [6.07, 6.45) is 0. The van der Waals surface area contributed by atoms with Gasteiger partial charge in [-0.15, -0.1) is 0 Å². The number of halogens is 3. The minimum atomic E-state index is -0.364. The average molecular weight is 374 g/mol. The Kier molecular flexibility index (Phi) is 5.12. The molecule has 1 atom stereocenters. The zero-order valence-electron chi connectivity index (χ0n) is 11.9. The molecule has 0 saturated carbocycles. The van der Waals surface area contributed by atoms with Crippen LogP contribution in [0.2, 0.25) is 5.02 Å². The van der Waals surface area contributed by atoms with E-state index in [1.54, 1.807) is 12.1 Å². The van der Waals surface area contributed by atoms with E-state index < -0.39 is 0 Å². The molecule has 21 heavy (non-hydrogen) atoms. The van der Waals surface area contributed by atoms with Gasteiger partial charge in [-0.1, -0.05) is 45.7 Å². The van der Waals surface area contributed by atoms with Crippen molar-refractivity contribution >= 4 is 27.5 Å². The molecule has 0 aliphatic carbocycles. The highest BCUT2D eigenvalue weighted by Crippen LogP contribution is 2.44.